The third-order valence-electron chi connectivity index (χ3n) is 3.87. The fraction of sp³-hybridized carbons (Fsp3) is 0.250. The van der Waals surface area contributed by atoms with Gasteiger partial charge in [-0.25, -0.2) is 9.78 Å². The molecule has 1 atom stereocenters. The van der Waals surface area contributed by atoms with Gasteiger partial charge in [-0.3, -0.25) is 4.79 Å². The zero-order chi connectivity index (χ0) is 19.9. The number of rotatable bonds is 8. The largest absolute Gasteiger partial charge is 0.467 e. The summed E-state index contributed by atoms with van der Waals surface area (Å²) in [5.74, 6) is 0.328. The number of carbonyl (C=O) groups is 2. The van der Waals surface area contributed by atoms with E-state index in [1.165, 1.54) is 0 Å². The van der Waals surface area contributed by atoms with Gasteiger partial charge in [0.05, 0.1) is 17.9 Å². The molecular weight excluding hydrogens is 396 g/mol. The van der Waals surface area contributed by atoms with Crippen LogP contribution in [0.1, 0.15) is 40.3 Å². The third-order valence-corrected chi connectivity index (χ3v) is 6.06. The lowest BCUT2D eigenvalue weighted by atomic mass is 10.1. The summed E-state index contributed by atoms with van der Waals surface area (Å²) < 4.78 is 11.4. The van der Waals surface area contributed by atoms with E-state index in [1.807, 2.05) is 24.4 Å². The van der Waals surface area contributed by atoms with Gasteiger partial charge in [0.25, 0.3) is 5.91 Å². The molecule has 0 saturated heterocycles. The first-order chi connectivity index (χ1) is 13.5. The van der Waals surface area contributed by atoms with Crippen molar-refractivity contribution in [3.63, 3.8) is 0 Å². The zero-order valence-electron chi connectivity index (χ0n) is 15.5. The van der Waals surface area contributed by atoms with Gasteiger partial charge in [-0.1, -0.05) is 30.0 Å². The molecule has 1 aromatic carbocycles. The SMILES string of the molecule is Cc1csc(SCc2ccccc2C(=O)OCC(=O)N[C@H](C)c2ccco2)n1. The maximum absolute atomic E-state index is 12.5. The van der Waals surface area contributed by atoms with Crippen molar-refractivity contribution in [2.75, 3.05) is 6.61 Å². The maximum atomic E-state index is 12.5. The molecule has 8 heteroatoms. The topological polar surface area (TPSA) is 81.4 Å². The molecule has 28 heavy (non-hydrogen) atoms. The monoisotopic (exact) mass is 416 g/mol. The number of benzene rings is 1. The van der Waals surface area contributed by atoms with Crippen molar-refractivity contribution in [2.45, 2.75) is 30.0 Å². The van der Waals surface area contributed by atoms with Crippen LogP contribution in [-0.2, 0) is 15.3 Å². The van der Waals surface area contributed by atoms with Crippen LogP contribution in [-0.4, -0.2) is 23.5 Å². The molecule has 0 aliphatic rings. The van der Waals surface area contributed by atoms with Crippen molar-refractivity contribution in [1.29, 1.82) is 0 Å². The molecule has 0 bridgehead atoms. The minimum atomic E-state index is -0.521. The highest BCUT2D eigenvalue weighted by Gasteiger charge is 2.17. The predicted octanol–water partition coefficient (Wildman–Crippen LogP) is 4.37. The highest BCUT2D eigenvalue weighted by atomic mass is 32.2. The van der Waals surface area contributed by atoms with Crippen LogP contribution < -0.4 is 5.32 Å². The molecule has 0 spiro atoms. The van der Waals surface area contributed by atoms with Crippen LogP contribution in [0.2, 0.25) is 0 Å². The standard InChI is InChI=1S/C20H20N2O4S2/c1-13-11-27-20(21-13)28-12-15-6-3-4-7-16(15)19(24)26-10-18(23)22-14(2)17-8-5-9-25-17/h3-9,11,14H,10,12H2,1-2H3,(H,22,23)/t14-/m1/s1. The van der Waals surface area contributed by atoms with Gasteiger partial charge >= 0.3 is 5.97 Å². The first kappa shape index (κ1) is 20.2. The van der Waals surface area contributed by atoms with Crippen molar-refractivity contribution in [2.24, 2.45) is 0 Å². The second-order valence-electron chi connectivity index (χ2n) is 6.08. The summed E-state index contributed by atoms with van der Waals surface area (Å²) in [5, 5.41) is 4.72. The Balaban J connectivity index is 1.54. The molecule has 1 amide bonds. The van der Waals surface area contributed by atoms with Crippen LogP contribution in [0.15, 0.2) is 56.8 Å². The van der Waals surface area contributed by atoms with E-state index in [9.17, 15) is 9.59 Å². The second kappa shape index (κ2) is 9.57. The van der Waals surface area contributed by atoms with E-state index in [-0.39, 0.29) is 18.6 Å². The van der Waals surface area contributed by atoms with Gasteiger partial charge in [0, 0.05) is 16.8 Å². The lowest BCUT2D eigenvalue weighted by molar-refractivity contribution is -0.125. The Labute approximate surface area is 171 Å². The van der Waals surface area contributed by atoms with E-state index in [2.05, 4.69) is 10.3 Å². The number of aromatic nitrogens is 1. The minimum Gasteiger partial charge on any atom is -0.467 e. The molecule has 1 N–H and O–H groups in total. The van der Waals surface area contributed by atoms with Crippen LogP contribution in [0.3, 0.4) is 0 Å². The fourth-order valence-corrected chi connectivity index (χ4v) is 4.34. The maximum Gasteiger partial charge on any atom is 0.338 e. The summed E-state index contributed by atoms with van der Waals surface area (Å²) in [4.78, 5) is 28.9. The Bertz CT molecular complexity index is 937. The minimum absolute atomic E-state index is 0.299. The number of thiazole rings is 1. The Morgan fingerprint density at radius 2 is 2.11 bits per heavy atom. The van der Waals surface area contributed by atoms with Crippen LogP contribution in [0.4, 0.5) is 0 Å². The summed E-state index contributed by atoms with van der Waals surface area (Å²) in [6.45, 7) is 3.39. The lowest BCUT2D eigenvalue weighted by Crippen LogP contribution is -2.31. The molecule has 2 aromatic heterocycles. The summed E-state index contributed by atoms with van der Waals surface area (Å²) in [6, 6.07) is 10.5. The smallest absolute Gasteiger partial charge is 0.338 e. The number of furan rings is 1. The number of nitrogens with zero attached hydrogens (tertiary/aromatic N) is 1. The molecule has 0 fully saturated rings. The number of thioether (sulfide) groups is 1. The van der Waals surface area contributed by atoms with Crippen LogP contribution >= 0.6 is 23.1 Å². The summed E-state index contributed by atoms with van der Waals surface area (Å²) in [7, 11) is 0. The summed E-state index contributed by atoms with van der Waals surface area (Å²) in [5.41, 5.74) is 2.28. The molecule has 6 nitrogen and oxygen atoms in total. The Morgan fingerprint density at radius 1 is 1.29 bits per heavy atom. The number of aryl methyl sites for hydroxylation is 1. The van der Waals surface area contributed by atoms with Gasteiger partial charge in [0.15, 0.2) is 6.61 Å². The van der Waals surface area contributed by atoms with Crippen molar-refractivity contribution < 1.29 is 18.7 Å². The van der Waals surface area contributed by atoms with Crippen molar-refractivity contribution >= 4 is 35.0 Å². The van der Waals surface area contributed by atoms with Gasteiger partial charge in [0.2, 0.25) is 0 Å². The molecule has 3 aromatic rings. The van der Waals surface area contributed by atoms with E-state index in [0.717, 1.165) is 15.6 Å². The average Bonchev–Trinajstić information content (AvgIpc) is 3.36. The highest BCUT2D eigenvalue weighted by molar-refractivity contribution is 8.00. The second-order valence-corrected chi connectivity index (χ2v) is 8.16. The van der Waals surface area contributed by atoms with Gasteiger partial charge in [-0.05, 0) is 37.6 Å². The van der Waals surface area contributed by atoms with E-state index in [1.54, 1.807) is 60.6 Å². The third kappa shape index (κ3) is 5.46. The van der Waals surface area contributed by atoms with Crippen LogP contribution in [0, 0.1) is 6.92 Å². The van der Waals surface area contributed by atoms with Crippen LogP contribution in [0.25, 0.3) is 0 Å². The summed E-state index contributed by atoms with van der Waals surface area (Å²) in [6.07, 6.45) is 1.54. The van der Waals surface area contributed by atoms with Gasteiger partial charge in [-0.2, -0.15) is 0 Å². The quantitative estimate of drug-likeness (QED) is 0.434. The zero-order valence-corrected chi connectivity index (χ0v) is 17.1. The number of esters is 1. The molecule has 0 radical (unpaired) electrons. The number of hydrogen-bond acceptors (Lipinski definition) is 7. The van der Waals surface area contributed by atoms with E-state index >= 15 is 0 Å². The lowest BCUT2D eigenvalue weighted by Gasteiger charge is -2.12. The predicted molar refractivity (Wildman–Crippen MR) is 108 cm³/mol. The molecule has 3 rings (SSSR count). The Kier molecular flexibility index (Phi) is 6.89. The Hall–Kier alpha value is -2.58. The van der Waals surface area contributed by atoms with Crippen molar-refractivity contribution in [3.05, 3.63) is 70.6 Å². The van der Waals surface area contributed by atoms with Crippen LogP contribution in [0.5, 0.6) is 0 Å². The first-order valence-electron chi connectivity index (χ1n) is 8.65. The molecule has 0 aliphatic heterocycles. The molecule has 0 aliphatic carbocycles. The number of hydrogen-bond donors (Lipinski definition) is 1. The highest BCUT2D eigenvalue weighted by Crippen LogP contribution is 2.27. The first-order valence-corrected chi connectivity index (χ1v) is 10.5. The number of amides is 1. The van der Waals surface area contributed by atoms with E-state index in [0.29, 0.717) is 17.1 Å². The molecule has 0 unspecified atom stereocenters. The Morgan fingerprint density at radius 3 is 2.82 bits per heavy atom. The number of ether oxygens (including phenoxy) is 1. The average molecular weight is 417 g/mol. The molecule has 2 heterocycles. The summed E-state index contributed by atoms with van der Waals surface area (Å²) >= 11 is 3.14. The molecular formula is C20H20N2O4S2. The van der Waals surface area contributed by atoms with Gasteiger partial charge < -0.3 is 14.5 Å². The molecule has 146 valence electrons. The van der Waals surface area contributed by atoms with Gasteiger partial charge in [0.1, 0.15) is 10.1 Å². The number of nitrogens with one attached hydrogen (secondary N) is 1. The number of carbonyl (C=O) groups excluding carboxylic acids is 2. The van der Waals surface area contributed by atoms with E-state index < -0.39 is 5.97 Å². The molecule has 0 saturated carbocycles. The van der Waals surface area contributed by atoms with E-state index in [4.69, 9.17) is 9.15 Å². The van der Waals surface area contributed by atoms with Crippen molar-refractivity contribution in [3.8, 4) is 0 Å². The van der Waals surface area contributed by atoms with Gasteiger partial charge in [-0.15, -0.1) is 11.3 Å². The normalized spacial score (nSPS) is 11.8. The fourth-order valence-electron chi connectivity index (χ4n) is 2.48. The van der Waals surface area contributed by atoms with Crippen molar-refractivity contribution in [1.82, 2.24) is 10.3 Å².